The Labute approximate surface area is 244 Å². The van der Waals surface area contributed by atoms with Crippen LogP contribution in [0.2, 0.25) is 15.1 Å². The van der Waals surface area contributed by atoms with Gasteiger partial charge in [0.2, 0.25) is 11.8 Å². The molecule has 1 N–H and O–H groups in total. The summed E-state index contributed by atoms with van der Waals surface area (Å²) in [5.41, 5.74) is -1.47. The Bertz CT molecular complexity index is 1490. The van der Waals surface area contributed by atoms with Crippen LogP contribution in [0.15, 0.2) is 71.6 Å². The van der Waals surface area contributed by atoms with E-state index in [2.05, 4.69) is 5.32 Å². The van der Waals surface area contributed by atoms with Crippen molar-refractivity contribution in [3.05, 3.63) is 92.9 Å². The Morgan fingerprint density at radius 1 is 0.925 bits per heavy atom. The highest BCUT2D eigenvalue weighted by molar-refractivity contribution is 7.92. The molecule has 3 rings (SSSR count). The molecule has 2 amide bonds. The summed E-state index contributed by atoms with van der Waals surface area (Å²) >= 11 is 18.8. The van der Waals surface area contributed by atoms with Crippen LogP contribution in [-0.2, 0) is 32.3 Å². The van der Waals surface area contributed by atoms with Gasteiger partial charge in [-0.2, -0.15) is 13.2 Å². The number of nitrogens with one attached hydrogen (secondary N) is 1. The van der Waals surface area contributed by atoms with E-state index in [4.69, 9.17) is 34.8 Å². The van der Waals surface area contributed by atoms with Crippen molar-refractivity contribution in [2.75, 3.05) is 17.9 Å². The molecule has 0 aliphatic heterocycles. The van der Waals surface area contributed by atoms with Crippen molar-refractivity contribution < 1.29 is 31.2 Å². The second-order valence-corrected chi connectivity index (χ2v) is 11.6. The predicted octanol–water partition coefficient (Wildman–Crippen LogP) is 6.02. The minimum absolute atomic E-state index is 0.184. The average Bonchev–Trinajstić information content (AvgIpc) is 2.91. The molecule has 14 heteroatoms. The molecular weight excluding hydrogens is 614 g/mol. The van der Waals surface area contributed by atoms with E-state index in [0.29, 0.717) is 16.4 Å². The molecule has 0 saturated heterocycles. The highest BCUT2D eigenvalue weighted by Crippen LogP contribution is 2.37. The summed E-state index contributed by atoms with van der Waals surface area (Å²) in [6, 6.07) is 12.4. The van der Waals surface area contributed by atoms with Gasteiger partial charge in [0.15, 0.2) is 0 Å². The Morgan fingerprint density at radius 3 is 2.08 bits per heavy atom. The zero-order valence-corrected chi connectivity index (χ0v) is 24.1. The number of hydrogen-bond donors (Lipinski definition) is 1. The fourth-order valence-corrected chi connectivity index (χ4v) is 5.99. The van der Waals surface area contributed by atoms with Crippen LogP contribution in [0.5, 0.6) is 0 Å². The number of carbonyl (C=O) groups excluding carboxylic acids is 2. The van der Waals surface area contributed by atoms with Gasteiger partial charge in [-0.15, -0.1) is 0 Å². The molecule has 0 aliphatic carbocycles. The Morgan fingerprint density at radius 2 is 1.52 bits per heavy atom. The second-order valence-electron chi connectivity index (χ2n) is 8.50. The lowest BCUT2D eigenvalue weighted by atomic mass is 10.1. The first-order valence-corrected chi connectivity index (χ1v) is 14.1. The van der Waals surface area contributed by atoms with E-state index >= 15 is 0 Å². The molecular formula is C26H23Cl3F3N3O4S. The Balaban J connectivity index is 2.16. The molecule has 0 saturated carbocycles. The summed E-state index contributed by atoms with van der Waals surface area (Å²) in [5.74, 6) is -1.52. The Hall–Kier alpha value is -2.99. The fourth-order valence-electron chi connectivity index (χ4n) is 3.76. The van der Waals surface area contributed by atoms with Gasteiger partial charge in [0, 0.05) is 29.2 Å². The van der Waals surface area contributed by atoms with Crippen LogP contribution >= 0.6 is 34.8 Å². The molecule has 0 radical (unpaired) electrons. The van der Waals surface area contributed by atoms with Gasteiger partial charge >= 0.3 is 6.18 Å². The van der Waals surface area contributed by atoms with E-state index in [9.17, 15) is 31.2 Å². The van der Waals surface area contributed by atoms with Gasteiger partial charge in [-0.3, -0.25) is 13.9 Å². The third-order valence-corrected chi connectivity index (χ3v) is 8.76. The highest BCUT2D eigenvalue weighted by atomic mass is 35.5. The van der Waals surface area contributed by atoms with Crippen LogP contribution in [0, 0.1) is 0 Å². The number of anilines is 1. The molecule has 1 unspecified atom stereocenters. The van der Waals surface area contributed by atoms with Gasteiger partial charge in [0.1, 0.15) is 12.6 Å². The predicted molar refractivity (Wildman–Crippen MR) is 148 cm³/mol. The molecule has 1 atom stereocenters. The van der Waals surface area contributed by atoms with Gasteiger partial charge in [-0.1, -0.05) is 59.1 Å². The van der Waals surface area contributed by atoms with Crippen LogP contribution in [0.3, 0.4) is 0 Å². The van der Waals surface area contributed by atoms with Gasteiger partial charge in [-0.05, 0) is 49.4 Å². The van der Waals surface area contributed by atoms with Crippen molar-refractivity contribution in [2.45, 2.75) is 30.6 Å². The molecule has 214 valence electrons. The highest BCUT2D eigenvalue weighted by Gasteiger charge is 2.36. The molecule has 7 nitrogen and oxygen atoms in total. The van der Waals surface area contributed by atoms with Crippen molar-refractivity contribution in [3.8, 4) is 0 Å². The summed E-state index contributed by atoms with van der Waals surface area (Å²) < 4.78 is 68.6. The SMILES string of the molecule is CNC(=O)C(C)N(Cc1c(Cl)cccc1Cl)C(=O)CN(c1cc(C(F)(F)F)ccc1Cl)S(=O)(=O)c1ccccc1. The molecule has 0 aromatic heterocycles. The third-order valence-electron chi connectivity index (χ3n) is 5.96. The van der Waals surface area contributed by atoms with E-state index in [0.717, 1.165) is 11.0 Å². The van der Waals surface area contributed by atoms with Crippen LogP contribution in [0.25, 0.3) is 0 Å². The first-order valence-electron chi connectivity index (χ1n) is 11.6. The minimum Gasteiger partial charge on any atom is -0.357 e. The number of likely N-dealkylation sites (N-methyl/N-ethyl adjacent to an activating group) is 1. The van der Waals surface area contributed by atoms with E-state index in [1.54, 1.807) is 12.1 Å². The van der Waals surface area contributed by atoms with Gasteiger partial charge in [-0.25, -0.2) is 8.42 Å². The number of sulfonamides is 1. The number of hydrogen-bond acceptors (Lipinski definition) is 4. The van der Waals surface area contributed by atoms with Crippen molar-refractivity contribution in [2.24, 2.45) is 0 Å². The first kappa shape index (κ1) is 31.5. The number of rotatable bonds is 9. The van der Waals surface area contributed by atoms with Crippen LogP contribution in [0.1, 0.15) is 18.1 Å². The maximum atomic E-state index is 13.8. The number of nitrogens with zero attached hydrogens (tertiary/aromatic N) is 2. The summed E-state index contributed by atoms with van der Waals surface area (Å²) in [5, 5.41) is 2.43. The number of alkyl halides is 3. The fraction of sp³-hybridized carbons (Fsp3) is 0.231. The van der Waals surface area contributed by atoms with Crippen molar-refractivity contribution in [1.29, 1.82) is 0 Å². The molecule has 40 heavy (non-hydrogen) atoms. The topological polar surface area (TPSA) is 86.8 Å². The van der Waals surface area contributed by atoms with Crippen molar-refractivity contribution >= 4 is 62.3 Å². The second kappa shape index (κ2) is 12.7. The zero-order chi connectivity index (χ0) is 29.8. The summed E-state index contributed by atoms with van der Waals surface area (Å²) in [6.45, 7) is 0.0951. The number of halogens is 6. The van der Waals surface area contributed by atoms with E-state index in [1.807, 2.05) is 0 Å². The molecule has 3 aromatic carbocycles. The normalized spacial score (nSPS) is 12.5. The third kappa shape index (κ3) is 7.01. The summed E-state index contributed by atoms with van der Waals surface area (Å²) in [6.07, 6.45) is -4.83. The van der Waals surface area contributed by atoms with Gasteiger partial charge < -0.3 is 10.2 Å². The van der Waals surface area contributed by atoms with Crippen molar-refractivity contribution in [3.63, 3.8) is 0 Å². The number of benzene rings is 3. The van der Waals surface area contributed by atoms with Crippen molar-refractivity contribution in [1.82, 2.24) is 10.2 Å². The minimum atomic E-state index is -4.83. The largest absolute Gasteiger partial charge is 0.416 e. The number of amides is 2. The van der Waals surface area contributed by atoms with Crippen LogP contribution in [-0.4, -0.2) is 44.8 Å². The van der Waals surface area contributed by atoms with Crippen LogP contribution < -0.4 is 9.62 Å². The quantitative estimate of drug-likeness (QED) is 0.311. The van der Waals surface area contributed by atoms with E-state index in [-0.39, 0.29) is 32.1 Å². The average molecular weight is 637 g/mol. The lowest BCUT2D eigenvalue weighted by Gasteiger charge is -2.32. The maximum absolute atomic E-state index is 13.8. The maximum Gasteiger partial charge on any atom is 0.416 e. The molecule has 0 fully saturated rings. The molecule has 3 aromatic rings. The van der Waals surface area contributed by atoms with Crippen LogP contribution in [0.4, 0.5) is 18.9 Å². The number of carbonyl (C=O) groups is 2. The summed E-state index contributed by atoms with van der Waals surface area (Å²) in [7, 11) is -3.28. The zero-order valence-electron chi connectivity index (χ0n) is 21.0. The first-order chi connectivity index (χ1) is 18.7. The Kier molecular flexibility index (Phi) is 9.99. The van der Waals surface area contributed by atoms with E-state index < -0.39 is 51.9 Å². The van der Waals surface area contributed by atoms with Gasteiger partial charge in [0.05, 0.1) is 21.2 Å². The smallest absolute Gasteiger partial charge is 0.357 e. The molecule has 0 aliphatic rings. The standard InChI is InChI=1S/C26H23Cl3F3N3O4S/c1-16(25(37)33-2)34(14-19-20(27)9-6-10-21(19)28)24(36)15-35(40(38,39)18-7-4-3-5-8-18)23-13-17(26(30,31)32)11-12-22(23)29/h3-13,16H,14-15H2,1-2H3,(H,33,37). The molecule has 0 bridgehead atoms. The van der Waals surface area contributed by atoms with E-state index in [1.165, 1.54) is 50.4 Å². The summed E-state index contributed by atoms with van der Waals surface area (Å²) in [4.78, 5) is 27.1. The van der Waals surface area contributed by atoms with Gasteiger partial charge in [0.25, 0.3) is 10.0 Å². The lowest BCUT2D eigenvalue weighted by molar-refractivity contribution is -0.139. The molecule has 0 heterocycles. The lowest BCUT2D eigenvalue weighted by Crippen LogP contribution is -2.50. The molecule has 0 spiro atoms. The monoisotopic (exact) mass is 635 g/mol.